The number of nitrogens with one attached hydrogen (secondary N) is 1. The molecule has 4 bridgehead atoms. The van der Waals surface area contributed by atoms with Crippen molar-refractivity contribution >= 4 is 0 Å². The first-order chi connectivity index (χ1) is 8.38. The highest BCUT2D eigenvalue weighted by molar-refractivity contribution is 4.96. The van der Waals surface area contributed by atoms with Crippen molar-refractivity contribution in [1.82, 2.24) is 15.1 Å². The van der Waals surface area contributed by atoms with E-state index in [1.54, 1.807) is 0 Å². The molecule has 0 aromatic carbocycles. The quantitative estimate of drug-likeness (QED) is 0.729. The summed E-state index contributed by atoms with van der Waals surface area (Å²) in [5.41, 5.74) is 0. The predicted octanol–water partition coefficient (Wildman–Crippen LogP) is 0.907. The minimum absolute atomic E-state index is 0.807. The highest BCUT2D eigenvalue weighted by atomic mass is 15.3. The van der Waals surface area contributed by atoms with E-state index in [1.165, 1.54) is 64.8 Å². The van der Waals surface area contributed by atoms with Gasteiger partial charge in [0.05, 0.1) is 0 Å². The lowest BCUT2D eigenvalue weighted by Crippen LogP contribution is -2.49. The predicted molar refractivity (Wildman–Crippen MR) is 69.1 cm³/mol. The molecule has 4 heterocycles. The molecule has 4 aliphatic heterocycles. The van der Waals surface area contributed by atoms with Gasteiger partial charge in [0.25, 0.3) is 0 Å². The van der Waals surface area contributed by atoms with Crippen LogP contribution in [0.15, 0.2) is 0 Å². The lowest BCUT2D eigenvalue weighted by molar-refractivity contribution is 0.0953. The van der Waals surface area contributed by atoms with Crippen LogP contribution >= 0.6 is 0 Å². The van der Waals surface area contributed by atoms with Crippen LogP contribution < -0.4 is 5.32 Å². The molecule has 0 aromatic heterocycles. The normalized spacial score (nSPS) is 50.5. The Morgan fingerprint density at radius 1 is 0.765 bits per heavy atom. The fourth-order valence-electron chi connectivity index (χ4n) is 4.68. The molecule has 5 unspecified atom stereocenters. The molecule has 17 heavy (non-hydrogen) atoms. The van der Waals surface area contributed by atoms with E-state index < -0.39 is 0 Å². The van der Waals surface area contributed by atoms with Crippen LogP contribution in [0.4, 0.5) is 0 Å². The molecule has 0 spiro atoms. The van der Waals surface area contributed by atoms with Crippen molar-refractivity contribution in [3.63, 3.8) is 0 Å². The van der Waals surface area contributed by atoms with Crippen molar-refractivity contribution in [2.75, 3.05) is 32.7 Å². The molecular weight excluding hydrogens is 210 g/mol. The van der Waals surface area contributed by atoms with E-state index in [1.807, 2.05) is 0 Å². The van der Waals surface area contributed by atoms with Gasteiger partial charge in [-0.1, -0.05) is 0 Å². The minimum Gasteiger partial charge on any atom is -0.310 e. The molecule has 1 N–H and O–H groups in total. The zero-order valence-corrected chi connectivity index (χ0v) is 10.8. The number of hydrogen-bond acceptors (Lipinski definition) is 3. The van der Waals surface area contributed by atoms with E-state index in [-0.39, 0.29) is 0 Å². The Morgan fingerprint density at radius 3 is 2.65 bits per heavy atom. The van der Waals surface area contributed by atoms with Crippen molar-refractivity contribution in [1.29, 1.82) is 0 Å². The monoisotopic (exact) mass is 235 g/mol. The van der Waals surface area contributed by atoms with E-state index in [2.05, 4.69) is 15.1 Å². The summed E-state index contributed by atoms with van der Waals surface area (Å²) in [4.78, 5) is 5.52. The number of nitrogens with zero attached hydrogens (tertiary/aromatic N) is 2. The Labute approximate surface area is 105 Å². The molecule has 4 saturated heterocycles. The van der Waals surface area contributed by atoms with Gasteiger partial charge < -0.3 is 10.2 Å². The third kappa shape index (κ3) is 1.92. The van der Waals surface area contributed by atoms with Crippen molar-refractivity contribution in [3.8, 4) is 0 Å². The number of likely N-dealkylation sites (tertiary alicyclic amines) is 1. The molecule has 4 aliphatic rings. The molecule has 0 amide bonds. The number of fused-ring (bicyclic) bond motifs is 4. The number of hydrogen-bond donors (Lipinski definition) is 1. The maximum atomic E-state index is 3.81. The van der Waals surface area contributed by atoms with Gasteiger partial charge in [-0.2, -0.15) is 0 Å². The van der Waals surface area contributed by atoms with Gasteiger partial charge in [-0.25, -0.2) is 0 Å². The molecule has 0 radical (unpaired) electrons. The van der Waals surface area contributed by atoms with Crippen molar-refractivity contribution < 1.29 is 0 Å². The zero-order valence-electron chi connectivity index (χ0n) is 10.8. The first-order valence-electron chi connectivity index (χ1n) is 7.61. The van der Waals surface area contributed by atoms with E-state index in [4.69, 9.17) is 0 Å². The van der Waals surface area contributed by atoms with Gasteiger partial charge in [-0.3, -0.25) is 4.90 Å². The lowest BCUT2D eigenvalue weighted by atomic mass is 9.91. The van der Waals surface area contributed by atoms with E-state index in [0.717, 1.165) is 24.0 Å². The van der Waals surface area contributed by atoms with Crippen molar-refractivity contribution in [2.45, 2.75) is 50.2 Å². The highest BCUT2D eigenvalue weighted by Crippen LogP contribution is 2.32. The second-order valence-electron chi connectivity index (χ2n) is 6.63. The first-order valence-corrected chi connectivity index (χ1v) is 7.61. The van der Waals surface area contributed by atoms with Crippen LogP contribution in [0.25, 0.3) is 0 Å². The smallest absolute Gasteiger partial charge is 0.0198 e. The SMILES string of the molecule is C1CC2CN(C3CCN4CCC3C4)CCC1N2. The zero-order chi connectivity index (χ0) is 11.2. The maximum absolute atomic E-state index is 3.81. The molecule has 3 heteroatoms. The summed E-state index contributed by atoms with van der Waals surface area (Å²) in [5, 5.41) is 3.81. The molecule has 5 atom stereocenters. The summed E-state index contributed by atoms with van der Waals surface area (Å²) in [7, 11) is 0. The first kappa shape index (κ1) is 10.8. The summed E-state index contributed by atoms with van der Waals surface area (Å²) in [6, 6.07) is 2.56. The van der Waals surface area contributed by atoms with E-state index in [0.29, 0.717) is 0 Å². The van der Waals surface area contributed by atoms with Gasteiger partial charge in [0, 0.05) is 31.2 Å². The Morgan fingerprint density at radius 2 is 1.65 bits per heavy atom. The lowest BCUT2D eigenvalue weighted by Gasteiger charge is -2.39. The Balaban J connectivity index is 1.47. The molecule has 96 valence electrons. The van der Waals surface area contributed by atoms with Crippen LogP contribution in [0.3, 0.4) is 0 Å². The molecule has 4 rings (SSSR count). The Kier molecular flexibility index (Phi) is 2.67. The van der Waals surface area contributed by atoms with Crippen LogP contribution in [0, 0.1) is 5.92 Å². The summed E-state index contributed by atoms with van der Waals surface area (Å²) in [6.45, 7) is 6.81. The summed E-state index contributed by atoms with van der Waals surface area (Å²) < 4.78 is 0. The third-order valence-corrected chi connectivity index (χ3v) is 5.62. The fraction of sp³-hybridized carbons (Fsp3) is 1.00. The topological polar surface area (TPSA) is 18.5 Å². The van der Waals surface area contributed by atoms with Gasteiger partial charge in [0.1, 0.15) is 0 Å². The second kappa shape index (κ2) is 4.22. The van der Waals surface area contributed by atoms with Crippen LogP contribution in [0.2, 0.25) is 0 Å². The summed E-state index contributed by atoms with van der Waals surface area (Å²) >= 11 is 0. The number of piperidine rings is 1. The van der Waals surface area contributed by atoms with Crippen molar-refractivity contribution in [2.24, 2.45) is 5.92 Å². The van der Waals surface area contributed by atoms with Crippen molar-refractivity contribution in [3.05, 3.63) is 0 Å². The largest absolute Gasteiger partial charge is 0.310 e. The van der Waals surface area contributed by atoms with Gasteiger partial charge in [0.2, 0.25) is 0 Å². The Bertz CT molecular complexity index is 293. The Hall–Kier alpha value is -0.120. The molecule has 4 fully saturated rings. The van der Waals surface area contributed by atoms with E-state index in [9.17, 15) is 0 Å². The average Bonchev–Trinajstić information content (AvgIpc) is 2.85. The van der Waals surface area contributed by atoms with Crippen LogP contribution in [0.5, 0.6) is 0 Å². The van der Waals surface area contributed by atoms with Gasteiger partial charge >= 0.3 is 0 Å². The molecule has 0 aliphatic carbocycles. The summed E-state index contributed by atoms with van der Waals surface area (Å²) in [6.07, 6.45) is 7.14. The molecule has 0 saturated carbocycles. The molecule has 0 aromatic rings. The standard InChI is InChI=1S/C14H25N3/c1-2-13-10-17(8-4-12(1)15-13)14-5-7-16-6-3-11(14)9-16/h11-15H,1-10H2. The molecule has 3 nitrogen and oxygen atoms in total. The van der Waals surface area contributed by atoms with Crippen LogP contribution in [-0.2, 0) is 0 Å². The maximum Gasteiger partial charge on any atom is 0.0198 e. The summed E-state index contributed by atoms with van der Waals surface area (Å²) in [5.74, 6) is 0.986. The number of rotatable bonds is 1. The van der Waals surface area contributed by atoms with Crippen LogP contribution in [0.1, 0.15) is 32.1 Å². The fourth-order valence-corrected chi connectivity index (χ4v) is 4.68. The minimum atomic E-state index is 0.807. The van der Waals surface area contributed by atoms with Gasteiger partial charge in [-0.15, -0.1) is 0 Å². The van der Waals surface area contributed by atoms with E-state index >= 15 is 0 Å². The van der Waals surface area contributed by atoms with Gasteiger partial charge in [0.15, 0.2) is 0 Å². The molecular formula is C14H25N3. The van der Waals surface area contributed by atoms with Crippen LogP contribution in [-0.4, -0.2) is 60.6 Å². The third-order valence-electron chi connectivity index (χ3n) is 5.62. The second-order valence-corrected chi connectivity index (χ2v) is 6.63. The van der Waals surface area contributed by atoms with Gasteiger partial charge in [-0.05, 0) is 57.7 Å². The highest BCUT2D eigenvalue weighted by Gasteiger charge is 2.39. The average molecular weight is 235 g/mol.